The highest BCUT2D eigenvalue weighted by Gasteiger charge is 2.09. The monoisotopic (exact) mass is 260 g/mol. The SMILES string of the molecule is CC(C)NCC(=O)Nc1c(Cl)cccc1Cl. The summed E-state index contributed by atoms with van der Waals surface area (Å²) in [6, 6.07) is 5.34. The quantitative estimate of drug-likeness (QED) is 0.874. The third-order valence-electron chi connectivity index (χ3n) is 1.90. The molecule has 88 valence electrons. The molecule has 0 radical (unpaired) electrons. The van der Waals surface area contributed by atoms with Crippen LogP contribution in [-0.4, -0.2) is 18.5 Å². The minimum atomic E-state index is -0.163. The molecule has 0 unspecified atom stereocenters. The van der Waals surface area contributed by atoms with Crippen molar-refractivity contribution in [1.82, 2.24) is 5.32 Å². The molecule has 16 heavy (non-hydrogen) atoms. The highest BCUT2D eigenvalue weighted by Crippen LogP contribution is 2.29. The molecule has 0 aliphatic heterocycles. The summed E-state index contributed by atoms with van der Waals surface area (Å²) in [4.78, 5) is 11.5. The maximum absolute atomic E-state index is 11.5. The second-order valence-electron chi connectivity index (χ2n) is 3.68. The van der Waals surface area contributed by atoms with E-state index in [1.165, 1.54) is 0 Å². The van der Waals surface area contributed by atoms with Gasteiger partial charge in [0.25, 0.3) is 0 Å². The van der Waals surface area contributed by atoms with Gasteiger partial charge in [-0.05, 0) is 12.1 Å². The third-order valence-corrected chi connectivity index (χ3v) is 2.53. The normalized spacial score (nSPS) is 10.6. The minimum Gasteiger partial charge on any atom is -0.322 e. The first-order valence-corrected chi connectivity index (χ1v) is 5.73. The number of hydrogen-bond donors (Lipinski definition) is 2. The van der Waals surface area contributed by atoms with Crippen molar-refractivity contribution < 1.29 is 4.79 Å². The fourth-order valence-corrected chi connectivity index (χ4v) is 1.59. The summed E-state index contributed by atoms with van der Waals surface area (Å²) in [7, 11) is 0. The molecule has 2 N–H and O–H groups in total. The standard InChI is InChI=1S/C11H14Cl2N2O/c1-7(2)14-6-10(16)15-11-8(12)4-3-5-9(11)13/h3-5,7,14H,6H2,1-2H3,(H,15,16). The summed E-state index contributed by atoms with van der Waals surface area (Å²) in [5.41, 5.74) is 0.460. The number of nitrogens with one attached hydrogen (secondary N) is 2. The number of carbonyl (C=O) groups is 1. The van der Waals surface area contributed by atoms with Crippen LogP contribution < -0.4 is 10.6 Å². The minimum absolute atomic E-state index is 0.163. The second kappa shape index (κ2) is 6.09. The first-order valence-electron chi connectivity index (χ1n) is 4.98. The number of benzene rings is 1. The molecule has 1 aromatic carbocycles. The lowest BCUT2D eigenvalue weighted by atomic mass is 10.3. The Bertz CT molecular complexity index is 360. The van der Waals surface area contributed by atoms with Crippen LogP contribution in [0.1, 0.15) is 13.8 Å². The molecule has 0 fully saturated rings. The van der Waals surface area contributed by atoms with Crippen LogP contribution in [0.25, 0.3) is 0 Å². The van der Waals surface area contributed by atoms with Crippen LogP contribution in [0.3, 0.4) is 0 Å². The molecule has 3 nitrogen and oxygen atoms in total. The van der Waals surface area contributed by atoms with Crippen molar-refractivity contribution in [3.05, 3.63) is 28.2 Å². The van der Waals surface area contributed by atoms with Gasteiger partial charge >= 0.3 is 0 Å². The lowest BCUT2D eigenvalue weighted by Crippen LogP contribution is -2.32. The Labute approximate surface area is 105 Å². The van der Waals surface area contributed by atoms with Gasteiger partial charge in [-0.15, -0.1) is 0 Å². The molecule has 0 aromatic heterocycles. The number of para-hydroxylation sites is 1. The Morgan fingerprint density at radius 1 is 1.31 bits per heavy atom. The van der Waals surface area contributed by atoms with E-state index in [1.807, 2.05) is 13.8 Å². The lowest BCUT2D eigenvalue weighted by molar-refractivity contribution is -0.115. The Morgan fingerprint density at radius 3 is 2.38 bits per heavy atom. The van der Waals surface area contributed by atoms with Gasteiger partial charge in [0.1, 0.15) is 0 Å². The van der Waals surface area contributed by atoms with Crippen molar-refractivity contribution in [3.8, 4) is 0 Å². The maximum Gasteiger partial charge on any atom is 0.238 e. The number of carbonyl (C=O) groups excluding carboxylic acids is 1. The Kier molecular flexibility index (Phi) is 5.06. The third kappa shape index (κ3) is 4.00. The van der Waals surface area contributed by atoms with Crippen molar-refractivity contribution >= 4 is 34.8 Å². The first-order chi connectivity index (χ1) is 7.50. The largest absolute Gasteiger partial charge is 0.322 e. The van der Waals surface area contributed by atoms with Crippen LogP contribution >= 0.6 is 23.2 Å². The van der Waals surface area contributed by atoms with Gasteiger partial charge in [-0.1, -0.05) is 43.1 Å². The summed E-state index contributed by atoms with van der Waals surface area (Å²) in [5.74, 6) is -0.163. The molecule has 0 bridgehead atoms. The summed E-state index contributed by atoms with van der Waals surface area (Å²) in [5, 5.41) is 6.55. The number of amides is 1. The van der Waals surface area contributed by atoms with Crippen LogP contribution in [0.5, 0.6) is 0 Å². The molecule has 1 rings (SSSR count). The smallest absolute Gasteiger partial charge is 0.238 e. The lowest BCUT2D eigenvalue weighted by Gasteiger charge is -2.11. The molecule has 0 spiro atoms. The van der Waals surface area contributed by atoms with Crippen LogP contribution in [0.15, 0.2) is 18.2 Å². The summed E-state index contributed by atoms with van der Waals surface area (Å²) < 4.78 is 0. The zero-order valence-corrected chi connectivity index (χ0v) is 10.7. The van der Waals surface area contributed by atoms with E-state index >= 15 is 0 Å². The van der Waals surface area contributed by atoms with Crippen LogP contribution in [0.2, 0.25) is 10.0 Å². The molecule has 0 heterocycles. The average molecular weight is 261 g/mol. The number of halogens is 2. The average Bonchev–Trinajstić information content (AvgIpc) is 2.21. The van der Waals surface area contributed by atoms with Gasteiger partial charge in [0.2, 0.25) is 5.91 Å². The van der Waals surface area contributed by atoms with Crippen molar-refractivity contribution in [1.29, 1.82) is 0 Å². The van der Waals surface area contributed by atoms with Gasteiger partial charge in [-0.25, -0.2) is 0 Å². The molecule has 1 amide bonds. The molecule has 5 heteroatoms. The van der Waals surface area contributed by atoms with Crippen LogP contribution in [0.4, 0.5) is 5.69 Å². The summed E-state index contributed by atoms with van der Waals surface area (Å²) in [6.07, 6.45) is 0. The van der Waals surface area contributed by atoms with E-state index in [-0.39, 0.29) is 18.5 Å². The molecule has 0 aliphatic carbocycles. The molecular weight excluding hydrogens is 247 g/mol. The maximum atomic E-state index is 11.5. The van der Waals surface area contributed by atoms with Crippen LogP contribution in [-0.2, 0) is 4.79 Å². The van der Waals surface area contributed by atoms with Gasteiger partial charge < -0.3 is 10.6 Å². The molecular formula is C11H14Cl2N2O. The summed E-state index contributed by atoms with van der Waals surface area (Å²) in [6.45, 7) is 4.17. The molecule has 0 saturated carbocycles. The Balaban J connectivity index is 2.63. The van der Waals surface area contributed by atoms with Crippen molar-refractivity contribution in [2.24, 2.45) is 0 Å². The highest BCUT2D eigenvalue weighted by atomic mass is 35.5. The second-order valence-corrected chi connectivity index (χ2v) is 4.49. The molecule has 0 aliphatic rings. The first kappa shape index (κ1) is 13.3. The zero-order chi connectivity index (χ0) is 12.1. The van der Waals surface area contributed by atoms with Gasteiger partial charge in [-0.2, -0.15) is 0 Å². The number of hydrogen-bond acceptors (Lipinski definition) is 2. The molecule has 1 aromatic rings. The number of anilines is 1. The Hall–Kier alpha value is -0.770. The van der Waals surface area contributed by atoms with E-state index < -0.39 is 0 Å². The van der Waals surface area contributed by atoms with Crippen molar-refractivity contribution in [3.63, 3.8) is 0 Å². The molecule has 0 saturated heterocycles. The fourth-order valence-electron chi connectivity index (χ4n) is 1.10. The number of rotatable bonds is 4. The van der Waals surface area contributed by atoms with E-state index in [9.17, 15) is 4.79 Å². The predicted molar refractivity (Wildman–Crippen MR) is 68.2 cm³/mol. The fraction of sp³-hybridized carbons (Fsp3) is 0.364. The zero-order valence-electron chi connectivity index (χ0n) is 9.18. The highest BCUT2D eigenvalue weighted by molar-refractivity contribution is 6.39. The van der Waals surface area contributed by atoms with Gasteiger partial charge in [0.15, 0.2) is 0 Å². The van der Waals surface area contributed by atoms with Crippen molar-refractivity contribution in [2.75, 3.05) is 11.9 Å². The Morgan fingerprint density at radius 2 is 1.88 bits per heavy atom. The van der Waals surface area contributed by atoms with E-state index in [4.69, 9.17) is 23.2 Å². The van der Waals surface area contributed by atoms with E-state index in [0.717, 1.165) is 0 Å². The predicted octanol–water partition coefficient (Wildman–Crippen LogP) is 2.93. The van der Waals surface area contributed by atoms with E-state index in [2.05, 4.69) is 10.6 Å². The topological polar surface area (TPSA) is 41.1 Å². The van der Waals surface area contributed by atoms with Crippen LogP contribution in [0, 0.1) is 0 Å². The van der Waals surface area contributed by atoms with Gasteiger partial charge in [0, 0.05) is 6.04 Å². The van der Waals surface area contributed by atoms with E-state index in [1.54, 1.807) is 18.2 Å². The van der Waals surface area contributed by atoms with Crippen molar-refractivity contribution in [2.45, 2.75) is 19.9 Å². The van der Waals surface area contributed by atoms with Gasteiger partial charge in [-0.3, -0.25) is 4.79 Å². The summed E-state index contributed by atoms with van der Waals surface area (Å²) >= 11 is 11.8. The molecule has 0 atom stereocenters. The van der Waals surface area contributed by atoms with E-state index in [0.29, 0.717) is 15.7 Å². The van der Waals surface area contributed by atoms with Gasteiger partial charge in [0.05, 0.1) is 22.3 Å².